The molecule has 20 heavy (non-hydrogen) atoms. The molecule has 0 aromatic heterocycles. The first-order valence-electron chi connectivity index (χ1n) is 8.19. The maximum atomic E-state index is 9.98. The van der Waals surface area contributed by atoms with Crippen molar-refractivity contribution in [1.82, 2.24) is 4.67 Å². The average molecular weight is 299 g/mol. The zero-order valence-corrected chi connectivity index (χ0v) is 13.7. The third-order valence-electron chi connectivity index (χ3n) is 3.76. The fourth-order valence-corrected chi connectivity index (χ4v) is 3.48. The van der Waals surface area contributed by atoms with E-state index in [1.165, 1.54) is 57.9 Å². The van der Waals surface area contributed by atoms with Crippen molar-refractivity contribution in [2.75, 3.05) is 26.0 Å². The third kappa shape index (κ3) is 10.6. The Labute approximate surface area is 126 Å². The molecule has 116 valence electrons. The van der Waals surface area contributed by atoms with E-state index in [4.69, 9.17) is 4.74 Å². The topological polar surface area (TPSA) is 29.5 Å². The second-order valence-corrected chi connectivity index (χ2v) is 6.73. The van der Waals surface area contributed by atoms with E-state index in [0.717, 1.165) is 41.1 Å². The van der Waals surface area contributed by atoms with E-state index in [2.05, 4.69) is 4.67 Å². The summed E-state index contributed by atoms with van der Waals surface area (Å²) < 4.78 is 7.92. The van der Waals surface area contributed by atoms with Crippen molar-refractivity contribution in [2.24, 2.45) is 0 Å². The molecule has 1 saturated heterocycles. The van der Waals surface area contributed by atoms with Crippen molar-refractivity contribution < 1.29 is 9.53 Å². The van der Waals surface area contributed by atoms with Crippen molar-refractivity contribution in [3.8, 4) is 0 Å². The summed E-state index contributed by atoms with van der Waals surface area (Å²) in [6.07, 6.45) is 15.4. The Morgan fingerprint density at radius 3 is 2.25 bits per heavy atom. The van der Waals surface area contributed by atoms with E-state index in [0.29, 0.717) is 0 Å². The molecular weight excluding hydrogens is 269 g/mol. The monoisotopic (exact) mass is 299 g/mol. The first-order valence-corrected chi connectivity index (χ1v) is 9.34. The van der Waals surface area contributed by atoms with Gasteiger partial charge in [0.2, 0.25) is 0 Å². The van der Waals surface area contributed by atoms with Gasteiger partial charge in [0.25, 0.3) is 0 Å². The number of nitrogens with zero attached hydrogens (tertiary/aromatic N) is 1. The third-order valence-corrected chi connectivity index (χ3v) is 4.98. The smallest absolute Gasteiger partial charge is 0.120 e. The zero-order chi connectivity index (χ0) is 14.3. The number of allylic oxidation sites excluding steroid dienone is 1. The largest absolute Gasteiger partial charge is 0.375 e. The Bertz CT molecular complexity index is 261. The molecule has 0 spiro atoms. The van der Waals surface area contributed by atoms with Crippen molar-refractivity contribution in [3.63, 3.8) is 0 Å². The van der Waals surface area contributed by atoms with Crippen LogP contribution in [0.4, 0.5) is 0 Å². The summed E-state index contributed by atoms with van der Waals surface area (Å²) in [5, 5.41) is 0. The van der Waals surface area contributed by atoms with Gasteiger partial charge in [-0.3, -0.25) is 4.67 Å². The summed E-state index contributed by atoms with van der Waals surface area (Å²) in [7, 11) is 0.889. The van der Waals surface area contributed by atoms with Gasteiger partial charge in [-0.25, -0.2) is 4.79 Å². The summed E-state index contributed by atoms with van der Waals surface area (Å²) in [5.41, 5.74) is 0. The highest BCUT2D eigenvalue weighted by Crippen LogP contribution is 2.22. The molecule has 0 N–H and O–H groups in total. The van der Waals surface area contributed by atoms with Gasteiger partial charge in [0.1, 0.15) is 5.94 Å². The van der Waals surface area contributed by atoms with Gasteiger partial charge in [0, 0.05) is 13.1 Å². The molecule has 1 atom stereocenters. The molecule has 0 aliphatic carbocycles. The highest BCUT2D eigenvalue weighted by Gasteiger charge is 2.08. The van der Waals surface area contributed by atoms with Gasteiger partial charge in [0.15, 0.2) is 0 Å². The Balaban J connectivity index is 1.73. The van der Waals surface area contributed by atoms with E-state index in [1.807, 2.05) is 5.94 Å². The Morgan fingerprint density at radius 1 is 1.00 bits per heavy atom. The molecule has 3 nitrogen and oxygen atoms in total. The number of hydrogen-bond donors (Lipinski definition) is 0. The number of rotatable bonds is 12. The second-order valence-electron chi connectivity index (χ2n) is 5.49. The molecule has 4 heteroatoms. The fraction of sp³-hybridized carbons (Fsp3) is 0.875. The van der Waals surface area contributed by atoms with Gasteiger partial charge in [0.05, 0.1) is 13.0 Å². The van der Waals surface area contributed by atoms with Crippen LogP contribution in [0.3, 0.4) is 0 Å². The molecule has 0 radical (unpaired) electrons. The average Bonchev–Trinajstić information content (AvgIpc) is 2.49. The van der Waals surface area contributed by atoms with Crippen molar-refractivity contribution >= 4 is 14.7 Å². The lowest BCUT2D eigenvalue weighted by molar-refractivity contribution is 0.142. The maximum absolute atomic E-state index is 9.98. The molecule has 0 aromatic carbocycles. The van der Waals surface area contributed by atoms with Gasteiger partial charge in [-0.2, -0.15) is 0 Å². The van der Waals surface area contributed by atoms with Crippen LogP contribution < -0.4 is 0 Å². The zero-order valence-electron chi connectivity index (χ0n) is 12.7. The number of carbonyl (C=O) groups excluding carboxylic acids is 1. The van der Waals surface area contributed by atoms with Crippen LogP contribution in [0.5, 0.6) is 0 Å². The lowest BCUT2D eigenvalue weighted by Crippen LogP contribution is -2.25. The van der Waals surface area contributed by atoms with E-state index in [9.17, 15) is 4.79 Å². The van der Waals surface area contributed by atoms with E-state index in [-0.39, 0.29) is 0 Å². The van der Waals surface area contributed by atoms with Crippen molar-refractivity contribution in [1.29, 1.82) is 0 Å². The van der Waals surface area contributed by atoms with Crippen LogP contribution in [-0.2, 0) is 9.53 Å². The number of unbranched alkanes of at least 4 members (excludes halogenated alkanes) is 9. The van der Waals surface area contributed by atoms with E-state index >= 15 is 0 Å². The highest BCUT2D eigenvalue weighted by atomic mass is 31.1. The minimum absolute atomic E-state index is 0.889. The fourth-order valence-electron chi connectivity index (χ4n) is 2.50. The van der Waals surface area contributed by atoms with E-state index in [1.54, 1.807) is 6.08 Å². The minimum Gasteiger partial charge on any atom is -0.375 e. The summed E-state index contributed by atoms with van der Waals surface area (Å²) in [4.78, 5) is 9.98. The van der Waals surface area contributed by atoms with Crippen molar-refractivity contribution in [3.05, 3.63) is 6.08 Å². The maximum Gasteiger partial charge on any atom is 0.120 e. The summed E-state index contributed by atoms with van der Waals surface area (Å²) in [6.45, 7) is 3.33. The molecule has 1 fully saturated rings. The molecule has 0 bridgehead atoms. The van der Waals surface area contributed by atoms with Crippen LogP contribution >= 0.6 is 8.73 Å². The van der Waals surface area contributed by atoms with Crippen LogP contribution in [0.15, 0.2) is 6.08 Å². The molecule has 1 heterocycles. The van der Waals surface area contributed by atoms with Gasteiger partial charge in [-0.1, -0.05) is 44.9 Å². The van der Waals surface area contributed by atoms with Crippen LogP contribution in [0.1, 0.15) is 64.2 Å². The second kappa shape index (κ2) is 13.8. The molecule has 0 amide bonds. The van der Waals surface area contributed by atoms with Crippen LogP contribution in [-0.4, -0.2) is 36.7 Å². The lowest BCUT2D eigenvalue weighted by atomic mass is 10.1. The van der Waals surface area contributed by atoms with Gasteiger partial charge >= 0.3 is 0 Å². The van der Waals surface area contributed by atoms with Crippen molar-refractivity contribution in [2.45, 2.75) is 64.2 Å². The summed E-state index contributed by atoms with van der Waals surface area (Å²) in [6, 6.07) is 0. The Morgan fingerprint density at radius 2 is 1.65 bits per heavy atom. The van der Waals surface area contributed by atoms with Crippen LogP contribution in [0, 0.1) is 0 Å². The number of ether oxygens (including phenoxy) is 1. The lowest BCUT2D eigenvalue weighted by Gasteiger charge is -2.26. The van der Waals surface area contributed by atoms with E-state index < -0.39 is 0 Å². The predicted octanol–water partition coefficient (Wildman–Crippen LogP) is 4.16. The molecule has 1 aliphatic rings. The Kier molecular flexibility index (Phi) is 12.3. The van der Waals surface area contributed by atoms with Gasteiger partial charge < -0.3 is 4.74 Å². The number of hydrogen-bond acceptors (Lipinski definition) is 3. The molecular formula is C16H30NO2P. The molecule has 0 aromatic rings. The molecule has 0 saturated carbocycles. The molecule has 1 aliphatic heterocycles. The molecule has 1 unspecified atom stereocenters. The normalized spacial score (nSPS) is 17.2. The first-order chi connectivity index (χ1) is 9.93. The first kappa shape index (κ1) is 17.9. The quantitative estimate of drug-likeness (QED) is 0.308. The standard InChI is InChI=1S/C16H30NO2P/c18-14-11-9-7-5-3-1-2-4-6-8-10-12-17-13-15-19-16-20-17/h11,20H,1-10,12-13,15-16H2. The van der Waals surface area contributed by atoms with Gasteiger partial charge in [-0.15, -0.1) is 0 Å². The predicted molar refractivity (Wildman–Crippen MR) is 87.1 cm³/mol. The van der Waals surface area contributed by atoms with Crippen LogP contribution in [0.25, 0.3) is 0 Å². The minimum atomic E-state index is 0.889. The highest BCUT2D eigenvalue weighted by molar-refractivity contribution is 7.35. The summed E-state index contributed by atoms with van der Waals surface area (Å²) in [5.74, 6) is 1.84. The van der Waals surface area contributed by atoms with Gasteiger partial charge in [-0.05, 0) is 34.1 Å². The SMILES string of the molecule is O=C=CCCCCCCCCCCCN1CCOCP1. The molecule has 1 rings (SSSR count). The Hall–Kier alpha value is -0.200. The van der Waals surface area contributed by atoms with Crippen LogP contribution in [0.2, 0.25) is 0 Å². The summed E-state index contributed by atoms with van der Waals surface area (Å²) >= 11 is 0.